The van der Waals surface area contributed by atoms with E-state index in [1.165, 1.54) is 4.31 Å². The highest BCUT2D eigenvalue weighted by Crippen LogP contribution is 2.33. The molecule has 2 aliphatic rings. The number of sulfonamides is 1. The summed E-state index contributed by atoms with van der Waals surface area (Å²) in [5.41, 5.74) is 0.367. The van der Waals surface area contributed by atoms with E-state index in [2.05, 4.69) is 4.98 Å². The van der Waals surface area contributed by atoms with Gasteiger partial charge in [-0.25, -0.2) is 13.4 Å². The van der Waals surface area contributed by atoms with Gasteiger partial charge in [0.2, 0.25) is 15.9 Å². The third-order valence-corrected chi connectivity index (χ3v) is 5.62. The quantitative estimate of drug-likeness (QED) is 0.801. The maximum atomic E-state index is 11.9. The highest BCUT2D eigenvalue weighted by Gasteiger charge is 2.46. The van der Waals surface area contributed by atoms with Crippen LogP contribution in [0.15, 0.2) is 18.3 Å². The fraction of sp³-hybridized carbons (Fsp3) is 0.500. The highest BCUT2D eigenvalue weighted by molar-refractivity contribution is 7.90. The first-order valence-corrected chi connectivity index (χ1v) is 7.62. The SMILES string of the molecule is N#Cc1cccnc1OC1CN(S(=O)(=O)C2CC2)C1. The molecule has 0 atom stereocenters. The average Bonchev–Trinajstić information content (AvgIpc) is 3.17. The normalized spacial score (nSPS) is 20.6. The van der Waals surface area contributed by atoms with E-state index in [1.807, 2.05) is 6.07 Å². The van der Waals surface area contributed by atoms with Gasteiger partial charge >= 0.3 is 0 Å². The van der Waals surface area contributed by atoms with Crippen molar-refractivity contribution < 1.29 is 13.2 Å². The molecule has 0 aromatic carbocycles. The molecule has 100 valence electrons. The number of hydrogen-bond donors (Lipinski definition) is 0. The van der Waals surface area contributed by atoms with E-state index in [0.717, 1.165) is 12.8 Å². The summed E-state index contributed by atoms with van der Waals surface area (Å²) >= 11 is 0. The largest absolute Gasteiger partial charge is 0.471 e. The van der Waals surface area contributed by atoms with Crippen molar-refractivity contribution in [1.29, 1.82) is 5.26 Å². The predicted octanol–water partition coefficient (Wildman–Crippen LogP) is 0.508. The fourth-order valence-electron chi connectivity index (χ4n) is 1.99. The van der Waals surface area contributed by atoms with Gasteiger partial charge < -0.3 is 4.74 Å². The van der Waals surface area contributed by atoms with Crippen LogP contribution in [0.1, 0.15) is 18.4 Å². The lowest BCUT2D eigenvalue weighted by molar-refractivity contribution is 0.0717. The summed E-state index contributed by atoms with van der Waals surface area (Å²) < 4.78 is 30.8. The summed E-state index contributed by atoms with van der Waals surface area (Å²) in [6.07, 6.45) is 2.87. The van der Waals surface area contributed by atoms with Crippen LogP contribution in [0.4, 0.5) is 0 Å². The summed E-state index contributed by atoms with van der Waals surface area (Å²) in [5, 5.41) is 8.73. The molecule has 6 nitrogen and oxygen atoms in total. The van der Waals surface area contributed by atoms with Crippen LogP contribution in [0, 0.1) is 11.3 Å². The molecule has 1 aliphatic carbocycles. The monoisotopic (exact) mass is 279 g/mol. The summed E-state index contributed by atoms with van der Waals surface area (Å²) in [5.74, 6) is 0.276. The Morgan fingerprint density at radius 1 is 1.42 bits per heavy atom. The van der Waals surface area contributed by atoms with Gasteiger partial charge in [-0.2, -0.15) is 9.57 Å². The molecule has 19 heavy (non-hydrogen) atoms. The molecule has 0 unspecified atom stereocenters. The molecule has 1 aliphatic heterocycles. The predicted molar refractivity (Wildman–Crippen MR) is 66.9 cm³/mol. The van der Waals surface area contributed by atoms with Gasteiger partial charge in [0.15, 0.2) is 0 Å². The van der Waals surface area contributed by atoms with E-state index in [1.54, 1.807) is 18.3 Å². The van der Waals surface area contributed by atoms with E-state index in [9.17, 15) is 8.42 Å². The molecule has 3 rings (SSSR count). The summed E-state index contributed by atoms with van der Waals surface area (Å²) in [4.78, 5) is 3.99. The average molecular weight is 279 g/mol. The number of hydrogen-bond acceptors (Lipinski definition) is 5. The minimum atomic E-state index is -3.10. The maximum Gasteiger partial charge on any atom is 0.232 e. The standard InChI is InChI=1S/C12H13N3O3S/c13-6-9-2-1-5-14-12(9)18-10-7-15(8-10)19(16,17)11-3-4-11/h1-2,5,10-11H,3-4,7-8H2. The third kappa shape index (κ3) is 2.29. The van der Waals surface area contributed by atoms with Crippen molar-refractivity contribution in [1.82, 2.24) is 9.29 Å². The minimum absolute atomic E-state index is 0.182. The first kappa shape index (κ1) is 12.4. The zero-order valence-electron chi connectivity index (χ0n) is 10.2. The van der Waals surface area contributed by atoms with Gasteiger partial charge in [0.25, 0.3) is 0 Å². The molecule has 0 bridgehead atoms. The van der Waals surface area contributed by atoms with Crippen LogP contribution in [0.5, 0.6) is 5.88 Å². The van der Waals surface area contributed by atoms with E-state index in [-0.39, 0.29) is 17.2 Å². The molecule has 1 saturated carbocycles. The van der Waals surface area contributed by atoms with Crippen LogP contribution >= 0.6 is 0 Å². The summed E-state index contributed by atoms with van der Waals surface area (Å²) in [6.45, 7) is 0.695. The Balaban J connectivity index is 1.61. The highest BCUT2D eigenvalue weighted by atomic mass is 32.2. The van der Waals surface area contributed by atoms with Crippen LogP contribution in [0.25, 0.3) is 0 Å². The molecule has 1 aromatic rings. The van der Waals surface area contributed by atoms with Gasteiger partial charge in [-0.15, -0.1) is 0 Å². The van der Waals surface area contributed by atoms with E-state index >= 15 is 0 Å². The van der Waals surface area contributed by atoms with Crippen molar-refractivity contribution in [3.8, 4) is 11.9 Å². The molecule has 2 heterocycles. The van der Waals surface area contributed by atoms with Crippen molar-refractivity contribution >= 4 is 10.0 Å². The molecular weight excluding hydrogens is 266 g/mol. The Bertz CT molecular complexity index is 628. The Labute approximate surface area is 111 Å². The van der Waals surface area contributed by atoms with E-state index < -0.39 is 10.0 Å². The van der Waals surface area contributed by atoms with E-state index in [0.29, 0.717) is 18.7 Å². The van der Waals surface area contributed by atoms with Crippen molar-refractivity contribution in [2.24, 2.45) is 0 Å². The van der Waals surface area contributed by atoms with Crippen LogP contribution in [-0.4, -0.2) is 42.2 Å². The van der Waals surface area contributed by atoms with Crippen LogP contribution in [0.2, 0.25) is 0 Å². The van der Waals surface area contributed by atoms with Gasteiger partial charge in [0.1, 0.15) is 17.7 Å². The van der Waals surface area contributed by atoms with Crippen LogP contribution in [0.3, 0.4) is 0 Å². The first-order valence-electron chi connectivity index (χ1n) is 6.12. The van der Waals surface area contributed by atoms with Gasteiger partial charge in [0.05, 0.1) is 18.3 Å². The molecular formula is C12H13N3O3S. The summed E-state index contributed by atoms with van der Waals surface area (Å²) in [7, 11) is -3.10. The Morgan fingerprint density at radius 3 is 2.79 bits per heavy atom. The Kier molecular flexibility index (Phi) is 2.92. The second-order valence-electron chi connectivity index (χ2n) is 4.77. The smallest absolute Gasteiger partial charge is 0.232 e. The molecule has 0 spiro atoms. The molecule has 1 aromatic heterocycles. The summed E-state index contributed by atoms with van der Waals surface area (Å²) in [6, 6.07) is 5.29. The van der Waals surface area contributed by atoms with Crippen molar-refractivity contribution in [3.05, 3.63) is 23.9 Å². The molecule has 2 fully saturated rings. The zero-order valence-corrected chi connectivity index (χ0v) is 11.0. The Hall–Kier alpha value is -1.65. The minimum Gasteiger partial charge on any atom is -0.471 e. The third-order valence-electron chi connectivity index (χ3n) is 3.29. The lowest BCUT2D eigenvalue weighted by Gasteiger charge is -2.37. The van der Waals surface area contributed by atoms with Crippen LogP contribution < -0.4 is 4.74 Å². The topological polar surface area (TPSA) is 83.3 Å². The van der Waals surface area contributed by atoms with E-state index in [4.69, 9.17) is 10.00 Å². The lowest BCUT2D eigenvalue weighted by Crippen LogP contribution is -2.56. The molecule has 0 radical (unpaired) electrons. The van der Waals surface area contributed by atoms with Gasteiger partial charge in [0, 0.05) is 6.20 Å². The molecule has 7 heteroatoms. The first-order chi connectivity index (χ1) is 9.11. The number of ether oxygens (including phenoxy) is 1. The fourth-order valence-corrected chi connectivity index (χ4v) is 3.89. The Morgan fingerprint density at radius 2 is 2.16 bits per heavy atom. The number of pyridine rings is 1. The molecule has 0 amide bonds. The second-order valence-corrected chi connectivity index (χ2v) is 6.98. The lowest BCUT2D eigenvalue weighted by atomic mass is 10.2. The van der Waals surface area contributed by atoms with Crippen molar-refractivity contribution in [2.75, 3.05) is 13.1 Å². The number of aromatic nitrogens is 1. The van der Waals surface area contributed by atoms with Crippen molar-refractivity contribution in [3.63, 3.8) is 0 Å². The molecule has 1 saturated heterocycles. The van der Waals surface area contributed by atoms with Gasteiger partial charge in [-0.3, -0.25) is 0 Å². The number of nitriles is 1. The van der Waals surface area contributed by atoms with Crippen LogP contribution in [-0.2, 0) is 10.0 Å². The van der Waals surface area contributed by atoms with Crippen molar-refractivity contribution in [2.45, 2.75) is 24.2 Å². The maximum absolute atomic E-state index is 11.9. The van der Waals surface area contributed by atoms with Gasteiger partial charge in [-0.1, -0.05) is 0 Å². The second kappa shape index (κ2) is 4.47. The number of nitrogens with zero attached hydrogens (tertiary/aromatic N) is 3. The number of rotatable bonds is 4. The molecule has 0 N–H and O–H groups in total. The zero-order chi connectivity index (χ0) is 13.5. The van der Waals surface area contributed by atoms with Gasteiger partial charge in [-0.05, 0) is 25.0 Å².